The van der Waals surface area contributed by atoms with Crippen molar-refractivity contribution in [2.75, 3.05) is 6.61 Å². The Labute approximate surface area is 168 Å². The minimum absolute atomic E-state index is 0.174. The second kappa shape index (κ2) is 9.12. The lowest BCUT2D eigenvalue weighted by molar-refractivity contribution is 0.0943. The molecule has 1 aliphatic rings. The minimum atomic E-state index is -0.192. The molecule has 1 unspecified atom stereocenters. The Morgan fingerprint density at radius 3 is 2.71 bits per heavy atom. The molecule has 2 aromatic heterocycles. The Balaban J connectivity index is 1.59. The lowest BCUT2D eigenvalue weighted by atomic mass is 10.1. The predicted octanol–water partition coefficient (Wildman–Crippen LogP) is 3.10. The quantitative estimate of drug-likeness (QED) is 0.453. The first kappa shape index (κ1) is 18.8. The van der Waals surface area contributed by atoms with Gasteiger partial charge in [-0.2, -0.15) is 4.98 Å². The van der Waals surface area contributed by atoms with E-state index in [9.17, 15) is 4.79 Å². The zero-order valence-corrected chi connectivity index (χ0v) is 16.3. The molecule has 1 saturated heterocycles. The fourth-order valence-corrected chi connectivity index (χ4v) is 4.19. The predicted molar refractivity (Wildman–Crippen MR) is 108 cm³/mol. The monoisotopic (exact) mass is 394 g/mol. The highest BCUT2D eigenvalue weighted by Crippen LogP contribution is 2.23. The SMILES string of the molecule is O=c1nc(SCc2ccccc2)n(CC2CCCO2)cc1Cc1cncnc1. The van der Waals surface area contributed by atoms with Crippen LogP contribution >= 0.6 is 11.8 Å². The lowest BCUT2D eigenvalue weighted by Gasteiger charge is -2.17. The van der Waals surface area contributed by atoms with Gasteiger partial charge in [-0.3, -0.25) is 4.79 Å². The first-order valence-electron chi connectivity index (χ1n) is 9.40. The summed E-state index contributed by atoms with van der Waals surface area (Å²) in [5, 5.41) is 0.734. The number of aromatic nitrogens is 4. The Kier molecular flexibility index (Phi) is 6.14. The molecule has 3 aromatic rings. The molecule has 0 saturated carbocycles. The number of benzene rings is 1. The van der Waals surface area contributed by atoms with Crippen molar-refractivity contribution < 1.29 is 4.74 Å². The van der Waals surface area contributed by atoms with Crippen LogP contribution in [0.15, 0.2) is 65.2 Å². The molecule has 1 aliphatic heterocycles. The van der Waals surface area contributed by atoms with Gasteiger partial charge in [-0.25, -0.2) is 9.97 Å². The van der Waals surface area contributed by atoms with Crippen LogP contribution in [-0.2, 0) is 23.5 Å². The minimum Gasteiger partial charge on any atom is -0.376 e. The lowest BCUT2D eigenvalue weighted by Crippen LogP contribution is -2.23. The van der Waals surface area contributed by atoms with Crippen LogP contribution in [-0.4, -0.2) is 32.2 Å². The molecule has 4 rings (SSSR count). The van der Waals surface area contributed by atoms with Crippen molar-refractivity contribution in [3.63, 3.8) is 0 Å². The molecule has 3 heterocycles. The molecule has 144 valence electrons. The summed E-state index contributed by atoms with van der Waals surface area (Å²) in [6.45, 7) is 1.52. The average molecular weight is 395 g/mol. The molecule has 1 fully saturated rings. The number of ether oxygens (including phenoxy) is 1. The number of hydrogen-bond acceptors (Lipinski definition) is 6. The molecular weight excluding hydrogens is 372 g/mol. The van der Waals surface area contributed by atoms with Crippen molar-refractivity contribution in [2.24, 2.45) is 0 Å². The Hall–Kier alpha value is -2.51. The van der Waals surface area contributed by atoms with Crippen molar-refractivity contribution in [1.29, 1.82) is 0 Å². The second-order valence-electron chi connectivity index (χ2n) is 6.84. The average Bonchev–Trinajstić information content (AvgIpc) is 3.24. The van der Waals surface area contributed by atoms with Crippen LogP contribution in [0.3, 0.4) is 0 Å². The maximum atomic E-state index is 12.6. The Bertz CT molecular complexity index is 957. The third kappa shape index (κ3) is 4.85. The van der Waals surface area contributed by atoms with Crippen molar-refractivity contribution in [2.45, 2.75) is 42.8 Å². The molecular formula is C21H22N4O2S. The van der Waals surface area contributed by atoms with Crippen molar-refractivity contribution in [3.8, 4) is 0 Å². The number of rotatable bonds is 7. The zero-order valence-electron chi connectivity index (χ0n) is 15.5. The smallest absolute Gasteiger partial charge is 0.277 e. The molecule has 6 nitrogen and oxygen atoms in total. The molecule has 1 aromatic carbocycles. The van der Waals surface area contributed by atoms with Gasteiger partial charge in [0, 0.05) is 42.9 Å². The van der Waals surface area contributed by atoms with E-state index in [1.54, 1.807) is 24.2 Å². The largest absolute Gasteiger partial charge is 0.376 e. The maximum Gasteiger partial charge on any atom is 0.277 e. The highest BCUT2D eigenvalue weighted by Gasteiger charge is 2.19. The highest BCUT2D eigenvalue weighted by molar-refractivity contribution is 7.98. The summed E-state index contributed by atoms with van der Waals surface area (Å²) in [6, 6.07) is 10.2. The van der Waals surface area contributed by atoms with E-state index in [1.165, 1.54) is 11.9 Å². The van der Waals surface area contributed by atoms with E-state index in [-0.39, 0.29) is 11.7 Å². The maximum absolute atomic E-state index is 12.6. The number of hydrogen-bond donors (Lipinski definition) is 0. The molecule has 0 spiro atoms. The van der Waals surface area contributed by atoms with Gasteiger partial charge in [0.05, 0.1) is 12.6 Å². The molecule has 1 atom stereocenters. The van der Waals surface area contributed by atoms with Gasteiger partial charge in [0.25, 0.3) is 5.56 Å². The van der Waals surface area contributed by atoms with Gasteiger partial charge in [0.2, 0.25) is 0 Å². The van der Waals surface area contributed by atoms with Crippen LogP contribution in [0, 0.1) is 0 Å². The summed E-state index contributed by atoms with van der Waals surface area (Å²) in [5.41, 5.74) is 2.56. The topological polar surface area (TPSA) is 69.9 Å². The van der Waals surface area contributed by atoms with Crippen LogP contribution in [0.25, 0.3) is 0 Å². The van der Waals surface area contributed by atoms with Crippen LogP contribution < -0.4 is 5.56 Å². The van der Waals surface area contributed by atoms with Crippen molar-refractivity contribution in [1.82, 2.24) is 19.5 Å². The van der Waals surface area contributed by atoms with E-state index in [2.05, 4.69) is 31.7 Å². The third-order valence-corrected chi connectivity index (χ3v) is 5.73. The normalized spacial score (nSPS) is 16.4. The van der Waals surface area contributed by atoms with E-state index in [0.717, 1.165) is 35.9 Å². The molecule has 0 bridgehead atoms. The van der Waals surface area contributed by atoms with Crippen molar-refractivity contribution >= 4 is 11.8 Å². The first-order valence-corrected chi connectivity index (χ1v) is 10.4. The fraction of sp³-hybridized carbons (Fsp3) is 0.333. The van der Waals surface area contributed by atoms with Crippen LogP contribution in [0.2, 0.25) is 0 Å². The van der Waals surface area contributed by atoms with Crippen molar-refractivity contribution in [3.05, 3.63) is 82.3 Å². The number of nitrogens with zero attached hydrogens (tertiary/aromatic N) is 4. The molecule has 0 amide bonds. The van der Waals surface area contributed by atoms with E-state index in [0.29, 0.717) is 18.5 Å². The first-order chi connectivity index (χ1) is 13.8. The summed E-state index contributed by atoms with van der Waals surface area (Å²) in [5.74, 6) is 0.769. The second-order valence-corrected chi connectivity index (χ2v) is 7.78. The van der Waals surface area contributed by atoms with E-state index in [4.69, 9.17) is 4.74 Å². The highest BCUT2D eigenvalue weighted by atomic mass is 32.2. The summed E-state index contributed by atoms with van der Waals surface area (Å²) in [7, 11) is 0. The van der Waals surface area contributed by atoms with E-state index < -0.39 is 0 Å². The Morgan fingerprint density at radius 2 is 1.96 bits per heavy atom. The molecule has 0 N–H and O–H groups in total. The van der Waals surface area contributed by atoms with Gasteiger partial charge in [0.1, 0.15) is 6.33 Å². The molecule has 7 heteroatoms. The van der Waals surface area contributed by atoms with Crippen LogP contribution in [0.5, 0.6) is 0 Å². The van der Waals surface area contributed by atoms with Gasteiger partial charge in [-0.15, -0.1) is 0 Å². The van der Waals surface area contributed by atoms with Gasteiger partial charge in [-0.1, -0.05) is 42.1 Å². The standard InChI is InChI=1S/C21H22N4O2S/c26-20-18(9-17-10-22-15-23-11-17)12-25(13-19-7-4-8-27-19)21(24-20)28-14-16-5-2-1-3-6-16/h1-3,5-6,10-12,15,19H,4,7-9,13-14H2. The molecule has 0 radical (unpaired) electrons. The van der Waals surface area contributed by atoms with Gasteiger partial charge < -0.3 is 9.30 Å². The van der Waals surface area contributed by atoms with Crippen LogP contribution in [0.4, 0.5) is 0 Å². The van der Waals surface area contributed by atoms with Gasteiger partial charge >= 0.3 is 0 Å². The number of thioether (sulfide) groups is 1. The zero-order chi connectivity index (χ0) is 19.2. The summed E-state index contributed by atoms with van der Waals surface area (Å²) < 4.78 is 7.88. The third-order valence-electron chi connectivity index (χ3n) is 4.67. The van der Waals surface area contributed by atoms with Crippen LogP contribution in [0.1, 0.15) is 29.5 Å². The Morgan fingerprint density at radius 1 is 1.14 bits per heavy atom. The summed E-state index contributed by atoms with van der Waals surface area (Å²) >= 11 is 1.58. The van der Waals surface area contributed by atoms with Gasteiger partial charge in [0.15, 0.2) is 5.16 Å². The van der Waals surface area contributed by atoms with Gasteiger partial charge in [-0.05, 0) is 24.0 Å². The van der Waals surface area contributed by atoms with E-state index >= 15 is 0 Å². The summed E-state index contributed by atoms with van der Waals surface area (Å²) in [4.78, 5) is 25.1. The van der Waals surface area contributed by atoms with E-state index in [1.807, 2.05) is 24.4 Å². The molecule has 0 aliphatic carbocycles. The molecule has 28 heavy (non-hydrogen) atoms. The fourth-order valence-electron chi connectivity index (χ4n) is 3.26. The summed E-state index contributed by atoms with van der Waals surface area (Å²) in [6.07, 6.45) is 9.65.